The maximum absolute atomic E-state index is 5.85. The molecule has 90 valence electrons. The quantitative estimate of drug-likeness (QED) is 0.789. The fraction of sp³-hybridized carbons (Fsp3) is 0.300. The molecule has 0 spiro atoms. The average molecular weight is 273 g/mol. The first kappa shape index (κ1) is 12.1. The first-order valence-corrected chi connectivity index (χ1v) is 5.56. The second-order valence-corrected chi connectivity index (χ2v) is 4.20. The Balaban J connectivity index is 2.67. The van der Waals surface area contributed by atoms with Gasteiger partial charge in [-0.3, -0.25) is 0 Å². The van der Waals surface area contributed by atoms with E-state index in [-0.39, 0.29) is 10.3 Å². The zero-order chi connectivity index (χ0) is 12.6. The molecule has 0 saturated carbocycles. The van der Waals surface area contributed by atoms with Crippen LogP contribution in [0.2, 0.25) is 10.3 Å². The van der Waals surface area contributed by atoms with Crippen LogP contribution in [0.4, 0.5) is 0 Å². The van der Waals surface area contributed by atoms with E-state index in [9.17, 15) is 0 Å². The van der Waals surface area contributed by atoms with Crippen molar-refractivity contribution in [3.8, 4) is 17.3 Å². The van der Waals surface area contributed by atoms with Crippen molar-refractivity contribution in [2.24, 2.45) is 7.05 Å². The molecule has 0 saturated heterocycles. The van der Waals surface area contributed by atoms with Gasteiger partial charge in [-0.2, -0.15) is 5.10 Å². The number of aromatic nitrogens is 4. The third-order valence-corrected chi connectivity index (χ3v) is 2.64. The number of hydrogen-bond acceptors (Lipinski definition) is 4. The van der Waals surface area contributed by atoms with Crippen LogP contribution in [0.15, 0.2) is 6.07 Å². The molecular weight excluding hydrogens is 263 g/mol. The first-order chi connectivity index (χ1) is 8.02. The first-order valence-electron chi connectivity index (χ1n) is 4.81. The summed E-state index contributed by atoms with van der Waals surface area (Å²) in [5.74, 6) is 0.978. The van der Waals surface area contributed by atoms with Crippen molar-refractivity contribution in [3.05, 3.63) is 22.1 Å². The molecule has 0 unspecified atom stereocenters. The summed E-state index contributed by atoms with van der Waals surface area (Å²) in [4.78, 5) is 8.25. The second-order valence-electron chi connectivity index (χ2n) is 3.43. The number of hydrogen-bond donors (Lipinski definition) is 0. The van der Waals surface area contributed by atoms with Crippen molar-refractivity contribution in [2.45, 2.75) is 6.92 Å². The summed E-state index contributed by atoms with van der Waals surface area (Å²) in [5.41, 5.74) is 1.45. The molecule has 0 amide bonds. The van der Waals surface area contributed by atoms with Gasteiger partial charge in [-0.05, 0) is 6.92 Å². The van der Waals surface area contributed by atoms with Gasteiger partial charge in [0.15, 0.2) is 5.82 Å². The monoisotopic (exact) mass is 272 g/mol. The molecule has 0 aliphatic heterocycles. The van der Waals surface area contributed by atoms with E-state index < -0.39 is 0 Å². The maximum atomic E-state index is 5.85. The van der Waals surface area contributed by atoms with Crippen LogP contribution in [-0.4, -0.2) is 26.9 Å². The van der Waals surface area contributed by atoms with Crippen molar-refractivity contribution >= 4 is 23.2 Å². The van der Waals surface area contributed by atoms with Crippen LogP contribution in [0.3, 0.4) is 0 Å². The third-order valence-electron chi connectivity index (χ3n) is 2.25. The van der Waals surface area contributed by atoms with E-state index >= 15 is 0 Å². The molecule has 0 N–H and O–H groups in total. The van der Waals surface area contributed by atoms with Gasteiger partial charge < -0.3 is 4.74 Å². The summed E-state index contributed by atoms with van der Waals surface area (Å²) in [5, 5.41) is 4.81. The Kier molecular flexibility index (Phi) is 3.22. The van der Waals surface area contributed by atoms with Gasteiger partial charge in [-0.1, -0.05) is 23.2 Å². The van der Waals surface area contributed by atoms with Crippen LogP contribution in [-0.2, 0) is 7.05 Å². The van der Waals surface area contributed by atoms with E-state index in [0.717, 1.165) is 5.69 Å². The van der Waals surface area contributed by atoms with Gasteiger partial charge in [0.1, 0.15) is 15.9 Å². The summed E-state index contributed by atoms with van der Waals surface area (Å²) in [6, 6.07) is 1.48. The molecule has 2 aromatic rings. The number of methoxy groups -OCH3 is 1. The Hall–Kier alpha value is -1.33. The molecular formula is C10H10Cl2N4O. The normalized spacial score (nSPS) is 10.6. The third kappa shape index (κ3) is 2.21. The number of rotatable bonds is 2. The minimum atomic E-state index is 0.283. The van der Waals surface area contributed by atoms with E-state index in [2.05, 4.69) is 15.1 Å². The summed E-state index contributed by atoms with van der Waals surface area (Å²) >= 11 is 11.7. The standard InChI is InChI=1S/C10H10Cl2N4O/c1-5-8(10(17-3)16(2)15-5)9-13-6(11)4-7(12)14-9/h4H,1-3H3. The minimum absolute atomic E-state index is 0.283. The summed E-state index contributed by atoms with van der Waals surface area (Å²) < 4.78 is 6.88. The lowest BCUT2D eigenvalue weighted by molar-refractivity contribution is 0.374. The van der Waals surface area contributed by atoms with Gasteiger partial charge in [0.2, 0.25) is 5.88 Å². The Morgan fingerprint density at radius 1 is 1.24 bits per heavy atom. The molecule has 0 bridgehead atoms. The Bertz CT molecular complexity index is 547. The lowest BCUT2D eigenvalue weighted by Crippen LogP contribution is -1.97. The summed E-state index contributed by atoms with van der Waals surface area (Å²) in [6.07, 6.45) is 0. The molecule has 2 rings (SSSR count). The largest absolute Gasteiger partial charge is 0.481 e. The predicted octanol–water partition coefficient (Wildman–Crippen LogP) is 2.50. The van der Waals surface area contributed by atoms with E-state index in [1.54, 1.807) is 18.8 Å². The molecule has 17 heavy (non-hydrogen) atoms. The Morgan fingerprint density at radius 2 is 1.82 bits per heavy atom. The molecule has 5 nitrogen and oxygen atoms in total. The van der Waals surface area contributed by atoms with Crippen LogP contribution < -0.4 is 4.74 Å². The van der Waals surface area contributed by atoms with Crippen molar-refractivity contribution < 1.29 is 4.74 Å². The molecule has 0 aliphatic rings. The fourth-order valence-electron chi connectivity index (χ4n) is 1.63. The number of ether oxygens (including phenoxy) is 1. The Morgan fingerprint density at radius 3 is 2.35 bits per heavy atom. The molecule has 0 fully saturated rings. The zero-order valence-electron chi connectivity index (χ0n) is 9.53. The molecule has 2 heterocycles. The topological polar surface area (TPSA) is 52.8 Å². The van der Waals surface area contributed by atoms with Crippen molar-refractivity contribution in [2.75, 3.05) is 7.11 Å². The number of halogens is 2. The zero-order valence-corrected chi connectivity index (χ0v) is 11.0. The Labute approximate surface area is 108 Å². The lowest BCUT2D eigenvalue weighted by Gasteiger charge is -2.04. The average Bonchev–Trinajstić information content (AvgIpc) is 2.51. The van der Waals surface area contributed by atoms with E-state index in [1.165, 1.54) is 6.07 Å². The van der Waals surface area contributed by atoms with Gasteiger partial charge >= 0.3 is 0 Å². The molecule has 2 aromatic heterocycles. The highest BCUT2D eigenvalue weighted by molar-refractivity contribution is 6.33. The van der Waals surface area contributed by atoms with E-state index in [0.29, 0.717) is 17.3 Å². The van der Waals surface area contributed by atoms with Crippen molar-refractivity contribution in [1.29, 1.82) is 0 Å². The number of aryl methyl sites for hydroxylation is 2. The smallest absolute Gasteiger partial charge is 0.222 e. The van der Waals surface area contributed by atoms with Crippen LogP contribution >= 0.6 is 23.2 Å². The van der Waals surface area contributed by atoms with Crippen LogP contribution in [0.5, 0.6) is 5.88 Å². The van der Waals surface area contributed by atoms with Crippen molar-refractivity contribution in [3.63, 3.8) is 0 Å². The highest BCUT2D eigenvalue weighted by atomic mass is 35.5. The summed E-state index contributed by atoms with van der Waals surface area (Å²) in [6.45, 7) is 1.84. The SMILES string of the molecule is COc1c(-c2nc(Cl)cc(Cl)n2)c(C)nn1C. The lowest BCUT2D eigenvalue weighted by atomic mass is 10.2. The highest BCUT2D eigenvalue weighted by Crippen LogP contribution is 2.31. The number of nitrogens with zero attached hydrogens (tertiary/aromatic N) is 4. The maximum Gasteiger partial charge on any atom is 0.222 e. The molecule has 0 aliphatic carbocycles. The second kappa shape index (κ2) is 4.50. The van der Waals surface area contributed by atoms with Gasteiger partial charge in [0.25, 0.3) is 0 Å². The van der Waals surface area contributed by atoms with Crippen LogP contribution in [0.1, 0.15) is 5.69 Å². The molecule has 7 heteroatoms. The highest BCUT2D eigenvalue weighted by Gasteiger charge is 2.19. The van der Waals surface area contributed by atoms with Crippen LogP contribution in [0.25, 0.3) is 11.4 Å². The van der Waals surface area contributed by atoms with Crippen molar-refractivity contribution in [1.82, 2.24) is 19.7 Å². The van der Waals surface area contributed by atoms with E-state index in [1.807, 2.05) is 6.92 Å². The van der Waals surface area contributed by atoms with Crippen LogP contribution in [0, 0.1) is 6.92 Å². The van der Waals surface area contributed by atoms with E-state index in [4.69, 9.17) is 27.9 Å². The predicted molar refractivity (Wildman–Crippen MR) is 65.5 cm³/mol. The molecule has 0 aromatic carbocycles. The van der Waals surface area contributed by atoms with Gasteiger partial charge in [-0.15, -0.1) is 0 Å². The molecule has 0 atom stereocenters. The van der Waals surface area contributed by atoms with Gasteiger partial charge in [0.05, 0.1) is 12.8 Å². The molecule has 0 radical (unpaired) electrons. The summed E-state index contributed by atoms with van der Waals surface area (Å²) in [7, 11) is 3.34. The van der Waals surface area contributed by atoms with Gasteiger partial charge in [-0.25, -0.2) is 14.6 Å². The minimum Gasteiger partial charge on any atom is -0.481 e. The fourth-order valence-corrected chi connectivity index (χ4v) is 2.05. The van der Waals surface area contributed by atoms with Gasteiger partial charge in [0, 0.05) is 13.1 Å².